The number of aromatic nitrogens is 1. The second-order valence-corrected chi connectivity index (χ2v) is 2.49. The maximum atomic E-state index is 10.8. The van der Waals surface area contributed by atoms with E-state index in [4.69, 9.17) is 5.73 Å². The summed E-state index contributed by atoms with van der Waals surface area (Å²) >= 11 is 0. The molecule has 0 aromatic carbocycles. The molecule has 0 bridgehead atoms. The van der Waals surface area contributed by atoms with Gasteiger partial charge in [0, 0.05) is 17.8 Å². The summed E-state index contributed by atoms with van der Waals surface area (Å²) < 4.78 is 0. The molecule has 0 unspecified atom stereocenters. The fourth-order valence-corrected chi connectivity index (χ4v) is 0.901. The van der Waals surface area contributed by atoms with Gasteiger partial charge in [0.05, 0.1) is 0 Å². The zero-order chi connectivity index (χ0) is 8.27. The first-order valence-electron chi connectivity index (χ1n) is 3.69. The first-order valence-corrected chi connectivity index (χ1v) is 3.69. The summed E-state index contributed by atoms with van der Waals surface area (Å²) in [6, 6.07) is 4.97. The number of rotatable bonds is 2. The van der Waals surface area contributed by atoms with Crippen LogP contribution in [-0.2, 0) is 0 Å². The van der Waals surface area contributed by atoms with Crippen LogP contribution in [0.2, 0.25) is 0 Å². The van der Waals surface area contributed by atoms with E-state index >= 15 is 0 Å². The topological polar surface area (TPSA) is 58.9 Å². The van der Waals surface area contributed by atoms with Crippen LogP contribution in [0.15, 0.2) is 23.0 Å². The minimum atomic E-state index is -0.0913. The second kappa shape index (κ2) is 3.34. The Balaban J connectivity index is 2.96. The molecule has 0 amide bonds. The zero-order valence-corrected chi connectivity index (χ0v) is 6.50. The van der Waals surface area contributed by atoms with Crippen LogP contribution in [0.25, 0.3) is 0 Å². The Hall–Kier alpha value is -1.09. The molecule has 0 fully saturated rings. The largest absolute Gasteiger partial charge is 0.325 e. The normalized spacial score (nSPS) is 12.9. The van der Waals surface area contributed by atoms with Crippen molar-refractivity contribution < 1.29 is 0 Å². The van der Waals surface area contributed by atoms with E-state index in [0.717, 1.165) is 12.1 Å². The summed E-state index contributed by atoms with van der Waals surface area (Å²) in [6.07, 6.45) is 0.833. The van der Waals surface area contributed by atoms with Gasteiger partial charge >= 0.3 is 0 Å². The van der Waals surface area contributed by atoms with Gasteiger partial charge in [-0.2, -0.15) is 0 Å². The molecule has 1 atom stereocenters. The highest BCUT2D eigenvalue weighted by Crippen LogP contribution is 2.06. The summed E-state index contributed by atoms with van der Waals surface area (Å²) in [4.78, 5) is 13.5. The highest BCUT2D eigenvalue weighted by atomic mass is 16.1. The highest BCUT2D eigenvalue weighted by Gasteiger charge is 2.01. The van der Waals surface area contributed by atoms with Crippen molar-refractivity contribution in [3.63, 3.8) is 0 Å². The Morgan fingerprint density at radius 2 is 2.36 bits per heavy atom. The van der Waals surface area contributed by atoms with Crippen molar-refractivity contribution in [2.24, 2.45) is 5.73 Å². The van der Waals surface area contributed by atoms with Crippen molar-refractivity contribution in [1.82, 2.24) is 4.98 Å². The lowest BCUT2D eigenvalue weighted by molar-refractivity contribution is 0.673. The lowest BCUT2D eigenvalue weighted by Crippen LogP contribution is -2.15. The predicted molar refractivity (Wildman–Crippen MR) is 44.3 cm³/mol. The summed E-state index contributed by atoms with van der Waals surface area (Å²) in [5.41, 5.74) is 6.41. The number of aromatic amines is 1. The highest BCUT2D eigenvalue weighted by molar-refractivity contribution is 5.07. The number of hydrogen-bond donors (Lipinski definition) is 2. The Kier molecular flexibility index (Phi) is 2.44. The van der Waals surface area contributed by atoms with Gasteiger partial charge in [-0.15, -0.1) is 0 Å². The van der Waals surface area contributed by atoms with Crippen LogP contribution in [0, 0.1) is 0 Å². The molecule has 0 saturated carbocycles. The maximum absolute atomic E-state index is 10.8. The lowest BCUT2D eigenvalue weighted by Gasteiger charge is -2.06. The van der Waals surface area contributed by atoms with Gasteiger partial charge in [-0.3, -0.25) is 4.79 Å². The monoisotopic (exact) mass is 152 g/mol. The molecular weight excluding hydrogens is 140 g/mol. The van der Waals surface area contributed by atoms with Gasteiger partial charge in [0.15, 0.2) is 0 Å². The molecule has 11 heavy (non-hydrogen) atoms. The van der Waals surface area contributed by atoms with Crippen molar-refractivity contribution >= 4 is 0 Å². The lowest BCUT2D eigenvalue weighted by atomic mass is 10.1. The van der Waals surface area contributed by atoms with E-state index in [1.165, 1.54) is 6.07 Å². The molecule has 60 valence electrons. The summed E-state index contributed by atoms with van der Waals surface area (Å²) in [6.45, 7) is 1.98. The second-order valence-electron chi connectivity index (χ2n) is 2.49. The number of nitrogens with one attached hydrogen (secondary N) is 1. The molecule has 0 radical (unpaired) electrons. The predicted octanol–water partition coefficient (Wildman–Crippen LogP) is 0.785. The van der Waals surface area contributed by atoms with Crippen LogP contribution in [0.1, 0.15) is 25.1 Å². The van der Waals surface area contributed by atoms with Crippen LogP contribution in [0.4, 0.5) is 0 Å². The molecule has 0 aliphatic rings. The number of H-pyrrole nitrogens is 1. The third-order valence-corrected chi connectivity index (χ3v) is 1.63. The van der Waals surface area contributed by atoms with Gasteiger partial charge in [0.25, 0.3) is 0 Å². The van der Waals surface area contributed by atoms with Gasteiger partial charge in [0.1, 0.15) is 0 Å². The molecule has 1 heterocycles. The van der Waals surface area contributed by atoms with E-state index in [1.54, 1.807) is 6.07 Å². The summed E-state index contributed by atoms with van der Waals surface area (Å²) in [7, 11) is 0. The standard InChI is InChI=1S/C8H12N2O/c1-2-6(9)7-4-3-5-8(11)10-7/h3-6H,2,9H2,1H3,(H,10,11)/t6-/m1/s1. The van der Waals surface area contributed by atoms with E-state index in [1.807, 2.05) is 13.0 Å². The number of hydrogen-bond acceptors (Lipinski definition) is 2. The first kappa shape index (κ1) is 8.01. The molecule has 0 aliphatic heterocycles. The Labute approximate surface area is 65.2 Å². The number of pyridine rings is 1. The molecule has 3 N–H and O–H groups in total. The molecule has 1 aromatic heterocycles. The average molecular weight is 152 g/mol. The van der Waals surface area contributed by atoms with Crippen molar-refractivity contribution in [3.8, 4) is 0 Å². The fraction of sp³-hybridized carbons (Fsp3) is 0.375. The molecule has 0 spiro atoms. The van der Waals surface area contributed by atoms with Crippen molar-refractivity contribution in [2.75, 3.05) is 0 Å². The van der Waals surface area contributed by atoms with Crippen molar-refractivity contribution in [3.05, 3.63) is 34.2 Å². The molecular formula is C8H12N2O. The first-order chi connectivity index (χ1) is 5.24. The minimum Gasteiger partial charge on any atom is -0.325 e. The van der Waals surface area contributed by atoms with Crippen LogP contribution < -0.4 is 11.3 Å². The smallest absolute Gasteiger partial charge is 0.248 e. The third kappa shape index (κ3) is 1.91. The van der Waals surface area contributed by atoms with Crippen LogP contribution in [-0.4, -0.2) is 4.98 Å². The van der Waals surface area contributed by atoms with Crippen molar-refractivity contribution in [2.45, 2.75) is 19.4 Å². The van der Waals surface area contributed by atoms with Gasteiger partial charge in [0.2, 0.25) is 5.56 Å². The van der Waals surface area contributed by atoms with Gasteiger partial charge in [-0.05, 0) is 12.5 Å². The zero-order valence-electron chi connectivity index (χ0n) is 6.50. The van der Waals surface area contributed by atoms with Crippen LogP contribution in [0.5, 0.6) is 0 Å². The Morgan fingerprint density at radius 1 is 1.64 bits per heavy atom. The van der Waals surface area contributed by atoms with Crippen LogP contribution in [0.3, 0.4) is 0 Å². The molecule has 1 aromatic rings. The Morgan fingerprint density at radius 3 is 2.91 bits per heavy atom. The average Bonchev–Trinajstić information content (AvgIpc) is 2.03. The van der Waals surface area contributed by atoms with E-state index in [-0.39, 0.29) is 11.6 Å². The molecule has 3 nitrogen and oxygen atoms in total. The fourth-order valence-electron chi connectivity index (χ4n) is 0.901. The van der Waals surface area contributed by atoms with E-state index < -0.39 is 0 Å². The SMILES string of the molecule is CC[C@@H](N)c1cccc(=O)[nH]1. The van der Waals surface area contributed by atoms with E-state index in [2.05, 4.69) is 4.98 Å². The number of nitrogens with two attached hydrogens (primary N) is 1. The van der Waals surface area contributed by atoms with Gasteiger partial charge in [-0.25, -0.2) is 0 Å². The van der Waals surface area contributed by atoms with Crippen LogP contribution >= 0.6 is 0 Å². The van der Waals surface area contributed by atoms with Gasteiger partial charge < -0.3 is 10.7 Å². The molecule has 1 rings (SSSR count). The minimum absolute atomic E-state index is 0.0519. The third-order valence-electron chi connectivity index (χ3n) is 1.63. The molecule has 3 heteroatoms. The molecule has 0 aliphatic carbocycles. The summed E-state index contributed by atoms with van der Waals surface area (Å²) in [5.74, 6) is 0. The summed E-state index contributed by atoms with van der Waals surface area (Å²) in [5, 5.41) is 0. The maximum Gasteiger partial charge on any atom is 0.248 e. The van der Waals surface area contributed by atoms with Crippen molar-refractivity contribution in [1.29, 1.82) is 0 Å². The van der Waals surface area contributed by atoms with Gasteiger partial charge in [-0.1, -0.05) is 13.0 Å². The quantitative estimate of drug-likeness (QED) is 0.658. The van der Waals surface area contributed by atoms with E-state index in [9.17, 15) is 4.79 Å². The molecule has 0 saturated heterocycles. The van der Waals surface area contributed by atoms with E-state index in [0.29, 0.717) is 0 Å². The Bertz CT molecular complexity index is 279.